The summed E-state index contributed by atoms with van der Waals surface area (Å²) in [5.41, 5.74) is 7.67. The van der Waals surface area contributed by atoms with Crippen molar-refractivity contribution >= 4 is 53.0 Å². The van der Waals surface area contributed by atoms with E-state index in [0.29, 0.717) is 28.4 Å². The number of rotatable bonds is 11. The van der Waals surface area contributed by atoms with E-state index in [9.17, 15) is 15.1 Å². The normalized spacial score (nSPS) is 15.8. The number of hydrogen-bond donors (Lipinski definition) is 3. The first-order valence-corrected chi connectivity index (χ1v) is 17.8. The maximum absolute atomic E-state index is 10.2. The van der Waals surface area contributed by atoms with E-state index in [1.807, 2.05) is 0 Å². The number of hydrogen-bond acceptors (Lipinski definition) is 6. The van der Waals surface area contributed by atoms with Crippen LogP contribution < -0.4 is 9.43 Å². The average molecular weight is 628 g/mol. The molecule has 2 heterocycles. The van der Waals surface area contributed by atoms with Gasteiger partial charge in [0.05, 0.1) is 0 Å². The molecule has 44 heavy (non-hydrogen) atoms. The average Bonchev–Trinajstić information content (AvgIpc) is 3.64. The maximum atomic E-state index is 10.2. The lowest BCUT2D eigenvalue weighted by Gasteiger charge is -2.38. The highest BCUT2D eigenvalue weighted by molar-refractivity contribution is 7.25. The second-order valence-electron chi connectivity index (χ2n) is 14.9. The molecular formula is C36H45B2O4S2. The van der Waals surface area contributed by atoms with E-state index in [1.165, 1.54) is 53.9 Å². The Labute approximate surface area is 272 Å². The van der Waals surface area contributed by atoms with Crippen molar-refractivity contribution in [2.45, 2.75) is 91.9 Å². The van der Waals surface area contributed by atoms with Crippen molar-refractivity contribution in [2.24, 2.45) is 23.7 Å². The van der Waals surface area contributed by atoms with Crippen molar-refractivity contribution in [3.05, 3.63) is 58.7 Å². The number of fused-ring (bicyclic) bond motifs is 9. The molecule has 0 saturated carbocycles. The second kappa shape index (κ2) is 11.6. The molecule has 2 aliphatic rings. The predicted molar refractivity (Wildman–Crippen MR) is 188 cm³/mol. The van der Waals surface area contributed by atoms with Crippen LogP contribution in [0.2, 0.25) is 0 Å². The fourth-order valence-electron chi connectivity index (χ4n) is 9.01. The first-order valence-electron chi connectivity index (χ1n) is 16.2. The van der Waals surface area contributed by atoms with E-state index in [1.54, 1.807) is 22.7 Å². The Morgan fingerprint density at radius 3 is 1.52 bits per heavy atom. The fourth-order valence-corrected chi connectivity index (χ4v) is 11.3. The lowest BCUT2D eigenvalue weighted by atomic mass is 9.65. The molecule has 0 saturated heterocycles. The maximum Gasteiger partial charge on any atom is 0.569 e. The summed E-state index contributed by atoms with van der Waals surface area (Å²) in [5.74, 6) is 1.91. The van der Waals surface area contributed by atoms with Crippen LogP contribution in [0.1, 0.15) is 103 Å². The smallest absolute Gasteiger partial charge is 0.530 e. The van der Waals surface area contributed by atoms with Crippen LogP contribution in [0.3, 0.4) is 0 Å². The summed E-state index contributed by atoms with van der Waals surface area (Å²) >= 11 is 3.17. The van der Waals surface area contributed by atoms with Crippen molar-refractivity contribution in [1.82, 2.24) is 0 Å². The highest BCUT2D eigenvalue weighted by atomic mass is 32.1. The number of benzene rings is 2. The van der Waals surface area contributed by atoms with Gasteiger partial charge in [-0.2, -0.15) is 0 Å². The zero-order valence-corrected chi connectivity index (χ0v) is 29.0. The molecule has 6 rings (SSSR count). The molecule has 0 atom stereocenters. The van der Waals surface area contributed by atoms with Crippen LogP contribution in [0, 0.1) is 23.7 Å². The molecule has 4 aromatic rings. The van der Waals surface area contributed by atoms with Gasteiger partial charge in [0.2, 0.25) is 0 Å². The molecule has 0 aliphatic heterocycles. The van der Waals surface area contributed by atoms with Gasteiger partial charge >= 0.3 is 14.8 Å². The van der Waals surface area contributed by atoms with Crippen LogP contribution in [0.5, 0.6) is 5.06 Å². The van der Waals surface area contributed by atoms with Crippen LogP contribution in [-0.2, 0) is 10.8 Å². The Morgan fingerprint density at radius 1 is 0.682 bits per heavy atom. The van der Waals surface area contributed by atoms with Crippen molar-refractivity contribution in [3.63, 3.8) is 0 Å². The minimum absolute atomic E-state index is 0.162. The third-order valence-corrected chi connectivity index (χ3v) is 11.9. The highest BCUT2D eigenvalue weighted by Gasteiger charge is 2.50. The van der Waals surface area contributed by atoms with Gasteiger partial charge in [0.15, 0.2) is 5.06 Å². The molecule has 8 heteroatoms. The Morgan fingerprint density at radius 2 is 1.11 bits per heavy atom. The van der Waals surface area contributed by atoms with E-state index in [4.69, 9.17) is 4.65 Å². The minimum Gasteiger partial charge on any atom is -0.530 e. The molecule has 4 nitrogen and oxygen atoms in total. The van der Waals surface area contributed by atoms with Crippen LogP contribution in [0.15, 0.2) is 36.4 Å². The Bertz CT molecular complexity index is 1680. The van der Waals surface area contributed by atoms with Gasteiger partial charge in [-0.3, -0.25) is 0 Å². The van der Waals surface area contributed by atoms with Gasteiger partial charge in [-0.25, -0.2) is 0 Å². The molecule has 1 radical (unpaired) electrons. The zero-order chi connectivity index (χ0) is 31.7. The van der Waals surface area contributed by atoms with Crippen molar-refractivity contribution in [3.8, 4) is 25.9 Å². The predicted octanol–water partition coefficient (Wildman–Crippen LogP) is 8.27. The molecule has 3 N–H and O–H groups in total. The Hall–Kier alpha value is -2.09. The van der Waals surface area contributed by atoms with E-state index in [-0.39, 0.29) is 10.8 Å². The van der Waals surface area contributed by atoms with E-state index < -0.39 is 7.12 Å². The van der Waals surface area contributed by atoms with E-state index in [2.05, 4.69) is 91.8 Å². The molecule has 231 valence electrons. The molecule has 0 bridgehead atoms. The molecule has 2 aliphatic carbocycles. The zero-order valence-electron chi connectivity index (χ0n) is 27.3. The number of thiophene rings is 2. The first kappa shape index (κ1) is 31.9. The van der Waals surface area contributed by atoms with E-state index >= 15 is 0 Å². The largest absolute Gasteiger partial charge is 0.569 e. The summed E-state index contributed by atoms with van der Waals surface area (Å²) in [6.07, 6.45) is 4.09. The van der Waals surface area contributed by atoms with Gasteiger partial charge in [-0.15, -0.1) is 22.7 Å². The Kier molecular flexibility index (Phi) is 8.41. The minimum atomic E-state index is -1.46. The van der Waals surface area contributed by atoms with Crippen molar-refractivity contribution < 1.29 is 19.7 Å². The highest BCUT2D eigenvalue weighted by Crippen LogP contribution is 2.63. The van der Waals surface area contributed by atoms with Crippen LogP contribution in [0.4, 0.5) is 0 Å². The third-order valence-electron chi connectivity index (χ3n) is 9.59. The molecule has 0 spiro atoms. The summed E-state index contributed by atoms with van der Waals surface area (Å²) < 4.78 is 6.17. The van der Waals surface area contributed by atoms with Gasteiger partial charge in [0, 0.05) is 25.4 Å². The SMILES string of the molecule is CC(C)CC1(CC(C)C)c2cc(O[B]O)sc2-c2ccc3c4c(ccc3c21)-c1sc(B(O)O)cc1C4(CC(C)C)CC(C)C. The molecule has 0 fully saturated rings. The lowest BCUT2D eigenvalue weighted by molar-refractivity contribution is 0.337. The van der Waals surface area contributed by atoms with Crippen molar-refractivity contribution in [1.29, 1.82) is 0 Å². The summed E-state index contributed by atoms with van der Waals surface area (Å²) in [6.45, 7) is 18.6. The molecule has 2 aromatic heterocycles. The third kappa shape index (κ3) is 4.91. The molecule has 0 unspecified atom stereocenters. The van der Waals surface area contributed by atoms with Crippen molar-refractivity contribution in [2.75, 3.05) is 0 Å². The lowest BCUT2D eigenvalue weighted by Crippen LogP contribution is -2.32. The quantitative estimate of drug-likeness (QED) is 0.147. The fraction of sp³-hybridized carbons (Fsp3) is 0.500. The summed E-state index contributed by atoms with van der Waals surface area (Å²) in [7, 11) is -0.668. The van der Waals surface area contributed by atoms with E-state index in [0.717, 1.165) is 38.4 Å². The Balaban J connectivity index is 1.71. The van der Waals surface area contributed by atoms with Gasteiger partial charge in [0.25, 0.3) is 0 Å². The molecular weight excluding hydrogens is 582 g/mol. The standard InChI is InChI=1S/C36H45B2O4S2/c1-19(2)15-35(16-20(3)4)27-13-29(38(40)41)43-33(27)25-11-9-24-23(31(25)35)10-12-26-32(24)36(17-21(5)6,18-22(7)8)28-14-30(42-37-39)44-34(26)28/h9-14,19-22,39-41H,15-18H2,1-8H3. The molecule has 2 aromatic carbocycles. The monoisotopic (exact) mass is 627 g/mol. The summed E-state index contributed by atoms with van der Waals surface area (Å²) in [4.78, 5) is 2.46. The van der Waals surface area contributed by atoms with Crippen LogP contribution >= 0.6 is 22.7 Å². The topological polar surface area (TPSA) is 69.9 Å². The van der Waals surface area contributed by atoms with Gasteiger partial charge < -0.3 is 19.7 Å². The van der Waals surface area contributed by atoms with Crippen LogP contribution in [0.25, 0.3) is 31.7 Å². The summed E-state index contributed by atoms with van der Waals surface area (Å²) in [5, 5.41) is 33.3. The summed E-state index contributed by atoms with van der Waals surface area (Å²) in [6, 6.07) is 13.7. The molecule has 0 amide bonds. The van der Waals surface area contributed by atoms with Gasteiger partial charge in [-0.1, -0.05) is 79.7 Å². The first-order chi connectivity index (χ1) is 20.8. The van der Waals surface area contributed by atoms with Gasteiger partial charge in [-0.05, 0) is 106 Å². The van der Waals surface area contributed by atoms with Crippen LogP contribution in [-0.4, -0.2) is 29.9 Å². The van der Waals surface area contributed by atoms with Gasteiger partial charge in [0.1, 0.15) is 0 Å². The second-order valence-corrected chi connectivity index (χ2v) is 17.0.